The van der Waals surface area contributed by atoms with Gasteiger partial charge in [0, 0.05) is 29.1 Å². The summed E-state index contributed by atoms with van der Waals surface area (Å²) in [5.74, 6) is 0.385. The highest BCUT2D eigenvalue weighted by molar-refractivity contribution is 5.86. The van der Waals surface area contributed by atoms with Crippen LogP contribution >= 0.6 is 0 Å². The maximum atomic E-state index is 6.51. The first-order valence-electron chi connectivity index (χ1n) is 11.8. The first kappa shape index (κ1) is 20.2. The molecule has 6 rings (SSSR count). The fraction of sp³-hybridized carbons (Fsp3) is 0.200. The van der Waals surface area contributed by atoms with Crippen LogP contribution in [0.2, 0.25) is 0 Å². The lowest BCUT2D eigenvalue weighted by atomic mass is 9.86. The fourth-order valence-corrected chi connectivity index (χ4v) is 5.08. The summed E-state index contributed by atoms with van der Waals surface area (Å²) in [6.07, 6.45) is 1.24. The Morgan fingerprint density at radius 1 is 0.758 bits per heavy atom. The van der Waals surface area contributed by atoms with Crippen molar-refractivity contribution in [1.82, 2.24) is 10.3 Å². The van der Waals surface area contributed by atoms with Crippen LogP contribution in [0.25, 0.3) is 32.9 Å². The first-order chi connectivity index (χ1) is 16.3. The highest BCUT2D eigenvalue weighted by Gasteiger charge is 2.27. The Kier molecular flexibility index (Phi) is 5.43. The number of nitrogens with one attached hydrogen (secondary N) is 2. The molecule has 2 atom stereocenters. The minimum Gasteiger partial charge on any atom is -0.372 e. The number of hydrogen-bond donors (Lipinski definition) is 2. The Labute approximate surface area is 194 Å². The van der Waals surface area contributed by atoms with Crippen molar-refractivity contribution in [2.75, 3.05) is 13.1 Å². The molecule has 0 spiro atoms. The van der Waals surface area contributed by atoms with Crippen molar-refractivity contribution in [2.45, 2.75) is 25.0 Å². The van der Waals surface area contributed by atoms with E-state index in [0.29, 0.717) is 12.5 Å². The van der Waals surface area contributed by atoms with Crippen molar-refractivity contribution >= 4 is 21.7 Å². The average Bonchev–Trinajstić information content (AvgIpc) is 3.32. The van der Waals surface area contributed by atoms with Gasteiger partial charge in [-0.25, -0.2) is 0 Å². The number of para-hydroxylation sites is 1. The van der Waals surface area contributed by atoms with Gasteiger partial charge in [-0.15, -0.1) is 0 Å². The number of H-pyrrole nitrogens is 1. The summed E-state index contributed by atoms with van der Waals surface area (Å²) in [4.78, 5) is 3.57. The van der Waals surface area contributed by atoms with Gasteiger partial charge in [-0.05, 0) is 64.7 Å². The van der Waals surface area contributed by atoms with Gasteiger partial charge in [-0.3, -0.25) is 0 Å². The molecule has 1 aliphatic rings. The minimum atomic E-state index is 0.156. The minimum absolute atomic E-state index is 0.156. The molecule has 3 nitrogen and oxygen atoms in total. The topological polar surface area (TPSA) is 37.0 Å². The number of hydrogen-bond acceptors (Lipinski definition) is 2. The largest absolute Gasteiger partial charge is 0.372 e. The van der Waals surface area contributed by atoms with Crippen LogP contribution in [0.5, 0.6) is 0 Å². The Morgan fingerprint density at radius 2 is 1.61 bits per heavy atom. The summed E-state index contributed by atoms with van der Waals surface area (Å²) < 4.78 is 6.51. The van der Waals surface area contributed by atoms with Gasteiger partial charge in [0.15, 0.2) is 0 Å². The second-order valence-electron chi connectivity index (χ2n) is 9.03. The van der Waals surface area contributed by atoms with Crippen LogP contribution in [0, 0.1) is 0 Å². The predicted molar refractivity (Wildman–Crippen MR) is 136 cm³/mol. The fourth-order valence-electron chi connectivity index (χ4n) is 5.08. The summed E-state index contributed by atoms with van der Waals surface area (Å²) in [7, 11) is 0. The number of aromatic amines is 1. The molecule has 0 aliphatic carbocycles. The van der Waals surface area contributed by atoms with Crippen LogP contribution < -0.4 is 5.32 Å². The molecule has 33 heavy (non-hydrogen) atoms. The van der Waals surface area contributed by atoms with E-state index in [0.717, 1.165) is 19.5 Å². The molecule has 0 bridgehead atoms. The Morgan fingerprint density at radius 3 is 2.52 bits per heavy atom. The van der Waals surface area contributed by atoms with Gasteiger partial charge >= 0.3 is 0 Å². The van der Waals surface area contributed by atoms with E-state index in [9.17, 15) is 0 Å². The van der Waals surface area contributed by atoms with Crippen LogP contribution in [0.4, 0.5) is 0 Å². The van der Waals surface area contributed by atoms with Gasteiger partial charge in [0.25, 0.3) is 0 Å². The van der Waals surface area contributed by atoms with Crippen molar-refractivity contribution in [3.8, 4) is 11.3 Å². The van der Waals surface area contributed by atoms with Crippen LogP contribution in [-0.2, 0) is 11.3 Å². The average molecular weight is 433 g/mol. The van der Waals surface area contributed by atoms with Crippen molar-refractivity contribution < 1.29 is 4.74 Å². The number of aromatic nitrogens is 1. The molecule has 164 valence electrons. The SMILES string of the molecule is c1cc(-c2cc3ccccc3[nH]2)cc([C@H]2CCNCC2OCc2ccc3ccccc3c2)c1. The van der Waals surface area contributed by atoms with E-state index in [1.807, 2.05) is 0 Å². The lowest BCUT2D eigenvalue weighted by Gasteiger charge is -2.32. The maximum absolute atomic E-state index is 6.51. The number of fused-ring (bicyclic) bond motifs is 2. The van der Waals surface area contributed by atoms with Crippen LogP contribution in [-0.4, -0.2) is 24.2 Å². The Bertz CT molecular complexity index is 1370. The molecule has 5 aromatic rings. The quantitative estimate of drug-likeness (QED) is 0.326. The standard InChI is InChI=1S/C30H28N2O/c1-2-7-23-16-21(12-13-22(23)6-1)20-33-30-19-31-15-14-27(30)24-9-5-10-25(17-24)29-18-26-8-3-4-11-28(26)32-29/h1-13,16-18,27,30-32H,14-15,19-20H2/t27-,30?/m1/s1. The smallest absolute Gasteiger partial charge is 0.0772 e. The third-order valence-electron chi connectivity index (χ3n) is 6.86. The molecule has 1 fully saturated rings. The molecule has 0 radical (unpaired) electrons. The predicted octanol–water partition coefficient (Wildman–Crippen LogP) is 6.65. The van der Waals surface area contributed by atoms with Gasteiger partial charge in [0.05, 0.1) is 12.7 Å². The lowest BCUT2D eigenvalue weighted by molar-refractivity contribution is 0.0107. The van der Waals surface area contributed by atoms with E-state index in [4.69, 9.17) is 4.74 Å². The van der Waals surface area contributed by atoms with E-state index < -0.39 is 0 Å². The first-order valence-corrected chi connectivity index (χ1v) is 11.8. The molecule has 0 saturated carbocycles. The third-order valence-corrected chi connectivity index (χ3v) is 6.86. The van der Waals surface area contributed by atoms with Crippen LogP contribution in [0.1, 0.15) is 23.5 Å². The van der Waals surface area contributed by atoms with Gasteiger partial charge in [0.1, 0.15) is 0 Å². The molecule has 0 amide bonds. The summed E-state index contributed by atoms with van der Waals surface area (Å²) in [6, 6.07) is 34.8. The highest BCUT2D eigenvalue weighted by Crippen LogP contribution is 2.32. The summed E-state index contributed by atoms with van der Waals surface area (Å²) in [6.45, 7) is 2.54. The molecule has 3 heteroatoms. The number of benzene rings is 4. The van der Waals surface area contributed by atoms with E-state index in [2.05, 4.69) is 107 Å². The molecule has 1 unspecified atom stereocenters. The van der Waals surface area contributed by atoms with Crippen LogP contribution in [0.15, 0.2) is 97.1 Å². The Hall–Kier alpha value is -3.40. The van der Waals surface area contributed by atoms with E-state index >= 15 is 0 Å². The van der Waals surface area contributed by atoms with Crippen molar-refractivity contribution in [1.29, 1.82) is 0 Å². The zero-order valence-electron chi connectivity index (χ0n) is 18.6. The van der Waals surface area contributed by atoms with Gasteiger partial charge in [-0.2, -0.15) is 0 Å². The summed E-state index contributed by atoms with van der Waals surface area (Å²) >= 11 is 0. The van der Waals surface area contributed by atoms with Crippen LogP contribution in [0.3, 0.4) is 0 Å². The van der Waals surface area contributed by atoms with Crippen molar-refractivity contribution in [2.24, 2.45) is 0 Å². The molecule has 2 heterocycles. The second kappa shape index (κ2) is 8.86. The van der Waals surface area contributed by atoms with Gasteiger partial charge < -0.3 is 15.0 Å². The highest BCUT2D eigenvalue weighted by atomic mass is 16.5. The van der Waals surface area contributed by atoms with E-state index in [-0.39, 0.29) is 6.10 Å². The van der Waals surface area contributed by atoms with E-state index in [1.165, 1.54) is 44.1 Å². The summed E-state index contributed by atoms with van der Waals surface area (Å²) in [5.41, 5.74) is 6.16. The number of ether oxygens (including phenoxy) is 1. The Balaban J connectivity index is 1.23. The number of piperidine rings is 1. The van der Waals surface area contributed by atoms with E-state index in [1.54, 1.807) is 0 Å². The molecule has 1 aromatic heterocycles. The lowest BCUT2D eigenvalue weighted by Crippen LogP contribution is -2.41. The zero-order valence-corrected chi connectivity index (χ0v) is 18.6. The molecular weight excluding hydrogens is 404 g/mol. The molecule has 4 aromatic carbocycles. The van der Waals surface area contributed by atoms with Crippen molar-refractivity contribution in [3.63, 3.8) is 0 Å². The zero-order chi connectivity index (χ0) is 22.0. The molecule has 1 aliphatic heterocycles. The van der Waals surface area contributed by atoms with Gasteiger partial charge in [0.2, 0.25) is 0 Å². The van der Waals surface area contributed by atoms with Crippen molar-refractivity contribution in [3.05, 3.63) is 108 Å². The maximum Gasteiger partial charge on any atom is 0.0772 e. The van der Waals surface area contributed by atoms with Gasteiger partial charge in [-0.1, -0.05) is 72.8 Å². The molecule has 2 N–H and O–H groups in total. The molecule has 1 saturated heterocycles. The second-order valence-corrected chi connectivity index (χ2v) is 9.03. The number of rotatable bonds is 5. The normalized spacial score (nSPS) is 18.7. The molecular formula is C30H28N2O. The third kappa shape index (κ3) is 4.18. The monoisotopic (exact) mass is 432 g/mol. The summed E-state index contributed by atoms with van der Waals surface area (Å²) in [5, 5.41) is 7.32.